The van der Waals surface area contributed by atoms with Crippen LogP contribution in [0, 0.1) is 0 Å². The summed E-state index contributed by atoms with van der Waals surface area (Å²) in [6.07, 6.45) is 5.92. The molecule has 0 radical (unpaired) electrons. The number of pyridine rings is 1. The van der Waals surface area contributed by atoms with Gasteiger partial charge in [0.05, 0.1) is 0 Å². The third-order valence-corrected chi connectivity index (χ3v) is 4.76. The summed E-state index contributed by atoms with van der Waals surface area (Å²) in [6.45, 7) is 1.59. The summed E-state index contributed by atoms with van der Waals surface area (Å²) in [7, 11) is 0. The molecule has 0 unspecified atom stereocenters. The average Bonchev–Trinajstić information content (AvgIpc) is 3.45. The lowest BCUT2D eigenvalue weighted by Crippen LogP contribution is -2.27. The van der Waals surface area contributed by atoms with E-state index in [9.17, 15) is 9.59 Å². The van der Waals surface area contributed by atoms with Crippen molar-refractivity contribution in [2.75, 3.05) is 18.4 Å². The van der Waals surface area contributed by atoms with Gasteiger partial charge in [0, 0.05) is 55.1 Å². The minimum Gasteiger partial charge on any atom is -0.339 e. The third kappa shape index (κ3) is 4.66. The summed E-state index contributed by atoms with van der Waals surface area (Å²) in [4.78, 5) is 34.9. The Hall–Kier alpha value is -3.55. The molecule has 0 atom stereocenters. The molecule has 8 nitrogen and oxygen atoms in total. The van der Waals surface area contributed by atoms with Gasteiger partial charge in [0.25, 0.3) is 5.91 Å². The second-order valence-corrected chi connectivity index (χ2v) is 6.88. The van der Waals surface area contributed by atoms with Gasteiger partial charge in [-0.1, -0.05) is 11.2 Å². The molecule has 2 amide bonds. The topological polar surface area (TPSA) is 101 Å². The second-order valence-electron chi connectivity index (χ2n) is 6.88. The average molecular weight is 391 g/mol. The zero-order valence-corrected chi connectivity index (χ0v) is 15.9. The van der Waals surface area contributed by atoms with Gasteiger partial charge in [-0.15, -0.1) is 0 Å². The van der Waals surface area contributed by atoms with Crippen LogP contribution in [0.25, 0.3) is 11.4 Å². The maximum Gasteiger partial charge on any atom is 0.253 e. The molecule has 3 aromatic rings. The number of aryl methyl sites for hydroxylation is 1. The maximum absolute atomic E-state index is 12.5. The first-order valence-corrected chi connectivity index (χ1v) is 9.61. The normalized spacial score (nSPS) is 13.4. The number of nitrogens with one attached hydrogen (secondary N) is 1. The van der Waals surface area contributed by atoms with Gasteiger partial charge in [-0.2, -0.15) is 4.98 Å². The van der Waals surface area contributed by atoms with E-state index in [-0.39, 0.29) is 18.2 Å². The largest absolute Gasteiger partial charge is 0.339 e. The molecule has 3 heterocycles. The number of benzene rings is 1. The fraction of sp³-hybridized carbons (Fsp3) is 0.286. The van der Waals surface area contributed by atoms with Crippen LogP contribution in [-0.2, 0) is 11.2 Å². The summed E-state index contributed by atoms with van der Waals surface area (Å²) in [5.74, 6) is 0.688. The lowest BCUT2D eigenvalue weighted by molar-refractivity contribution is -0.116. The van der Waals surface area contributed by atoms with Crippen LogP contribution < -0.4 is 5.32 Å². The summed E-state index contributed by atoms with van der Waals surface area (Å²) < 4.78 is 5.22. The minimum absolute atomic E-state index is 0.00750. The van der Waals surface area contributed by atoms with Gasteiger partial charge >= 0.3 is 0 Å². The molecule has 29 heavy (non-hydrogen) atoms. The molecule has 1 aromatic carbocycles. The third-order valence-electron chi connectivity index (χ3n) is 4.76. The van der Waals surface area contributed by atoms with Crippen molar-refractivity contribution in [1.29, 1.82) is 0 Å². The molecule has 148 valence electrons. The zero-order chi connectivity index (χ0) is 20.1. The number of aromatic nitrogens is 3. The van der Waals surface area contributed by atoms with Gasteiger partial charge in [-0.3, -0.25) is 14.6 Å². The Labute approximate surface area is 167 Å². The number of carbonyl (C=O) groups is 2. The molecular formula is C21H21N5O3. The van der Waals surface area contributed by atoms with Crippen molar-refractivity contribution in [2.24, 2.45) is 0 Å². The molecule has 0 saturated carbocycles. The molecule has 1 aliphatic rings. The van der Waals surface area contributed by atoms with Crippen LogP contribution >= 0.6 is 0 Å². The Morgan fingerprint density at radius 1 is 1.10 bits per heavy atom. The quantitative estimate of drug-likeness (QED) is 0.693. The van der Waals surface area contributed by atoms with Crippen LogP contribution in [-0.4, -0.2) is 44.9 Å². The van der Waals surface area contributed by atoms with Crippen molar-refractivity contribution < 1.29 is 14.1 Å². The number of carbonyl (C=O) groups excluding carboxylic acids is 2. The summed E-state index contributed by atoms with van der Waals surface area (Å²) >= 11 is 0. The van der Waals surface area contributed by atoms with Gasteiger partial charge in [0.1, 0.15) is 0 Å². The molecule has 4 rings (SSSR count). The maximum atomic E-state index is 12.5. The van der Waals surface area contributed by atoms with Crippen LogP contribution in [0.5, 0.6) is 0 Å². The standard InChI is InChI=1S/C21H21N5O3/c27-18(6-7-19-24-20(25-29-19)15-8-10-22-11-9-15)23-17-5-3-4-16(14-17)21(28)26-12-1-2-13-26/h3-5,8-11,14H,1-2,6-7,12-13H2,(H,23,27). The number of hydrogen-bond donors (Lipinski definition) is 1. The number of nitrogens with zero attached hydrogens (tertiary/aromatic N) is 4. The van der Waals surface area contributed by atoms with E-state index in [0.717, 1.165) is 31.5 Å². The lowest BCUT2D eigenvalue weighted by atomic mass is 10.1. The highest BCUT2D eigenvalue weighted by Gasteiger charge is 2.19. The van der Waals surface area contributed by atoms with Gasteiger partial charge in [0.15, 0.2) is 0 Å². The molecule has 0 bridgehead atoms. The van der Waals surface area contributed by atoms with Crippen molar-refractivity contribution in [1.82, 2.24) is 20.0 Å². The Morgan fingerprint density at radius 3 is 2.69 bits per heavy atom. The minimum atomic E-state index is -0.181. The van der Waals surface area contributed by atoms with Gasteiger partial charge < -0.3 is 14.7 Å². The van der Waals surface area contributed by atoms with E-state index in [1.54, 1.807) is 48.8 Å². The van der Waals surface area contributed by atoms with Gasteiger partial charge in [-0.05, 0) is 43.2 Å². The first-order chi connectivity index (χ1) is 14.2. The fourth-order valence-corrected chi connectivity index (χ4v) is 3.25. The molecule has 0 spiro atoms. The summed E-state index contributed by atoms with van der Waals surface area (Å²) in [6, 6.07) is 10.6. The van der Waals surface area contributed by atoms with E-state index in [1.807, 2.05) is 4.90 Å². The zero-order valence-electron chi connectivity index (χ0n) is 15.9. The highest BCUT2D eigenvalue weighted by atomic mass is 16.5. The molecule has 8 heteroatoms. The fourth-order valence-electron chi connectivity index (χ4n) is 3.25. The van der Waals surface area contributed by atoms with Crippen molar-refractivity contribution in [2.45, 2.75) is 25.7 Å². The Balaban J connectivity index is 1.33. The number of anilines is 1. The van der Waals surface area contributed by atoms with Crippen LogP contribution in [0.15, 0.2) is 53.3 Å². The van der Waals surface area contributed by atoms with Crippen molar-refractivity contribution in [3.05, 3.63) is 60.2 Å². The summed E-state index contributed by atoms with van der Waals surface area (Å²) in [5, 5.41) is 6.76. The first-order valence-electron chi connectivity index (χ1n) is 9.61. The van der Waals surface area contributed by atoms with Crippen molar-refractivity contribution >= 4 is 17.5 Å². The van der Waals surface area contributed by atoms with Crippen molar-refractivity contribution in [3.8, 4) is 11.4 Å². The van der Waals surface area contributed by atoms with E-state index in [4.69, 9.17) is 4.52 Å². The lowest BCUT2D eigenvalue weighted by Gasteiger charge is -2.15. The number of likely N-dealkylation sites (tertiary alicyclic amines) is 1. The van der Waals surface area contributed by atoms with E-state index < -0.39 is 0 Å². The van der Waals surface area contributed by atoms with E-state index >= 15 is 0 Å². The Bertz CT molecular complexity index is 996. The van der Waals surface area contributed by atoms with Gasteiger partial charge in [0.2, 0.25) is 17.6 Å². The Morgan fingerprint density at radius 2 is 1.90 bits per heavy atom. The highest BCUT2D eigenvalue weighted by molar-refractivity contribution is 5.97. The molecule has 1 fully saturated rings. The van der Waals surface area contributed by atoms with E-state index in [0.29, 0.717) is 29.4 Å². The van der Waals surface area contributed by atoms with Crippen molar-refractivity contribution in [3.63, 3.8) is 0 Å². The molecule has 1 aliphatic heterocycles. The predicted octanol–water partition coefficient (Wildman–Crippen LogP) is 2.94. The number of amides is 2. The smallest absolute Gasteiger partial charge is 0.253 e. The molecular weight excluding hydrogens is 370 g/mol. The molecule has 1 saturated heterocycles. The monoisotopic (exact) mass is 391 g/mol. The second kappa shape index (κ2) is 8.64. The van der Waals surface area contributed by atoms with E-state index in [1.165, 1.54) is 0 Å². The molecule has 1 N–H and O–H groups in total. The molecule has 0 aliphatic carbocycles. The van der Waals surface area contributed by atoms with Gasteiger partial charge in [-0.25, -0.2) is 0 Å². The highest BCUT2D eigenvalue weighted by Crippen LogP contribution is 2.17. The first kappa shape index (κ1) is 18.8. The Kier molecular flexibility index (Phi) is 5.60. The molecule has 2 aromatic heterocycles. The van der Waals surface area contributed by atoms with Crippen LogP contribution in [0.2, 0.25) is 0 Å². The number of rotatable bonds is 6. The van der Waals surface area contributed by atoms with Crippen LogP contribution in [0.3, 0.4) is 0 Å². The van der Waals surface area contributed by atoms with Crippen LogP contribution in [0.1, 0.15) is 35.5 Å². The summed E-state index contributed by atoms with van der Waals surface area (Å²) in [5.41, 5.74) is 1.99. The SMILES string of the molecule is O=C(CCc1nc(-c2ccncc2)no1)Nc1cccc(C(=O)N2CCCC2)c1. The number of hydrogen-bond acceptors (Lipinski definition) is 6. The van der Waals surface area contributed by atoms with Crippen LogP contribution in [0.4, 0.5) is 5.69 Å². The van der Waals surface area contributed by atoms with E-state index in [2.05, 4.69) is 20.4 Å². The predicted molar refractivity (Wildman–Crippen MR) is 106 cm³/mol.